The largest absolute Gasteiger partial charge is 0.375 e. The number of ether oxygens (including phenoxy) is 2. The van der Waals surface area contributed by atoms with Crippen molar-refractivity contribution in [2.24, 2.45) is 0 Å². The van der Waals surface area contributed by atoms with Crippen LogP contribution in [-0.4, -0.2) is 24.9 Å². The Morgan fingerprint density at radius 1 is 1.33 bits per heavy atom. The van der Waals surface area contributed by atoms with E-state index < -0.39 is 0 Å². The van der Waals surface area contributed by atoms with Crippen LogP contribution in [0.25, 0.3) is 0 Å². The third-order valence-electron chi connectivity index (χ3n) is 3.00. The summed E-state index contributed by atoms with van der Waals surface area (Å²) in [6.45, 7) is 3.74. The summed E-state index contributed by atoms with van der Waals surface area (Å²) in [6.07, 6.45) is 7.91. The maximum absolute atomic E-state index is 5.85. The van der Waals surface area contributed by atoms with Crippen molar-refractivity contribution >= 4 is 0 Å². The van der Waals surface area contributed by atoms with E-state index in [9.17, 15) is 0 Å². The molecule has 2 heteroatoms. The van der Waals surface area contributed by atoms with Crippen LogP contribution < -0.4 is 0 Å². The second-order valence-corrected chi connectivity index (χ2v) is 3.65. The average Bonchev–Trinajstić information content (AvgIpc) is 2.33. The molecule has 1 saturated heterocycles. The highest BCUT2D eigenvalue weighted by molar-refractivity contribution is 4.98. The van der Waals surface area contributed by atoms with Crippen molar-refractivity contribution in [3.05, 3.63) is 12.2 Å². The van der Waals surface area contributed by atoms with Crippen molar-refractivity contribution in [3.63, 3.8) is 0 Å². The molecule has 2 rings (SSSR count). The molecule has 0 aromatic carbocycles. The first-order valence-corrected chi connectivity index (χ1v) is 4.74. The molecule has 0 saturated carbocycles. The quantitative estimate of drug-likeness (QED) is 0.514. The molecule has 68 valence electrons. The lowest BCUT2D eigenvalue weighted by molar-refractivity contribution is -0.0764. The van der Waals surface area contributed by atoms with Gasteiger partial charge in [-0.25, -0.2) is 0 Å². The topological polar surface area (TPSA) is 18.5 Å². The second kappa shape index (κ2) is 3.19. The van der Waals surface area contributed by atoms with E-state index >= 15 is 0 Å². The van der Waals surface area contributed by atoms with Crippen LogP contribution in [0, 0.1) is 0 Å². The molecule has 0 aromatic rings. The molecule has 12 heavy (non-hydrogen) atoms. The van der Waals surface area contributed by atoms with E-state index in [0.29, 0.717) is 0 Å². The van der Waals surface area contributed by atoms with Gasteiger partial charge >= 0.3 is 0 Å². The first kappa shape index (κ1) is 8.27. The summed E-state index contributed by atoms with van der Waals surface area (Å²) in [5, 5.41) is 0. The van der Waals surface area contributed by atoms with Gasteiger partial charge in [0.25, 0.3) is 0 Å². The van der Waals surface area contributed by atoms with Gasteiger partial charge in [0.2, 0.25) is 0 Å². The molecule has 0 radical (unpaired) electrons. The van der Waals surface area contributed by atoms with Crippen LogP contribution in [0.3, 0.4) is 0 Å². The molecule has 1 spiro atoms. The normalized spacial score (nSPS) is 41.9. The fourth-order valence-electron chi connectivity index (χ4n) is 2.08. The minimum Gasteiger partial charge on any atom is -0.375 e. The van der Waals surface area contributed by atoms with Crippen molar-refractivity contribution in [3.8, 4) is 0 Å². The van der Waals surface area contributed by atoms with Crippen molar-refractivity contribution in [2.45, 2.75) is 37.9 Å². The predicted molar refractivity (Wildman–Crippen MR) is 47.1 cm³/mol. The van der Waals surface area contributed by atoms with Crippen LogP contribution in [0.1, 0.15) is 26.2 Å². The van der Waals surface area contributed by atoms with Gasteiger partial charge in [-0.05, 0) is 19.8 Å². The monoisotopic (exact) mass is 168 g/mol. The highest BCUT2D eigenvalue weighted by atomic mass is 16.6. The molecule has 0 aromatic heterocycles. The van der Waals surface area contributed by atoms with E-state index in [1.807, 2.05) is 0 Å². The van der Waals surface area contributed by atoms with E-state index in [1.54, 1.807) is 0 Å². The van der Waals surface area contributed by atoms with Crippen molar-refractivity contribution in [2.75, 3.05) is 13.2 Å². The lowest BCUT2D eigenvalue weighted by Gasteiger charge is -2.30. The fraction of sp³-hybridized carbons (Fsp3) is 0.800. The molecule has 0 bridgehead atoms. The molecule has 2 aliphatic heterocycles. The molecule has 2 atom stereocenters. The fourth-order valence-corrected chi connectivity index (χ4v) is 2.08. The Kier molecular flexibility index (Phi) is 2.20. The molecule has 0 N–H and O–H groups in total. The summed E-state index contributed by atoms with van der Waals surface area (Å²) in [5.41, 5.74) is 0.0312. The zero-order chi connectivity index (χ0) is 8.44. The SMILES string of the molecule is CC1OCCC12CCC=CCO2. The van der Waals surface area contributed by atoms with E-state index in [1.165, 1.54) is 0 Å². The molecule has 1 fully saturated rings. The molecule has 2 aliphatic rings. The third-order valence-corrected chi connectivity index (χ3v) is 3.00. The minimum absolute atomic E-state index is 0.0312. The lowest BCUT2D eigenvalue weighted by Crippen LogP contribution is -2.38. The van der Waals surface area contributed by atoms with E-state index in [2.05, 4.69) is 19.1 Å². The molecular formula is C10H16O2. The van der Waals surface area contributed by atoms with Crippen LogP contribution in [-0.2, 0) is 9.47 Å². The Bertz CT molecular complexity index is 176. The number of allylic oxidation sites excluding steroid dienone is 1. The third kappa shape index (κ3) is 1.29. The molecule has 2 unspecified atom stereocenters. The Morgan fingerprint density at radius 3 is 3.00 bits per heavy atom. The zero-order valence-corrected chi connectivity index (χ0v) is 7.58. The molecule has 2 heterocycles. The summed E-state index contributed by atoms with van der Waals surface area (Å²) < 4.78 is 11.4. The standard InChI is InChI=1S/C10H16O2/c1-9-10(6-8-11-9)5-3-2-4-7-12-10/h2,4,9H,3,5-8H2,1H3. The summed E-state index contributed by atoms with van der Waals surface area (Å²) in [4.78, 5) is 0. The average molecular weight is 168 g/mol. The smallest absolute Gasteiger partial charge is 0.0969 e. The van der Waals surface area contributed by atoms with Gasteiger partial charge < -0.3 is 9.47 Å². The maximum Gasteiger partial charge on any atom is 0.0969 e. The van der Waals surface area contributed by atoms with Gasteiger partial charge in [0.1, 0.15) is 0 Å². The highest BCUT2D eigenvalue weighted by Gasteiger charge is 2.42. The van der Waals surface area contributed by atoms with Gasteiger partial charge in [0, 0.05) is 13.0 Å². The lowest BCUT2D eigenvalue weighted by atomic mass is 9.91. The van der Waals surface area contributed by atoms with E-state index in [0.717, 1.165) is 32.5 Å². The molecule has 0 amide bonds. The number of hydrogen-bond donors (Lipinski definition) is 0. The van der Waals surface area contributed by atoms with Gasteiger partial charge in [-0.3, -0.25) is 0 Å². The van der Waals surface area contributed by atoms with Crippen molar-refractivity contribution < 1.29 is 9.47 Å². The summed E-state index contributed by atoms with van der Waals surface area (Å²) in [7, 11) is 0. The Morgan fingerprint density at radius 2 is 2.25 bits per heavy atom. The van der Waals surface area contributed by atoms with Gasteiger partial charge in [-0.1, -0.05) is 12.2 Å². The van der Waals surface area contributed by atoms with Gasteiger partial charge in [0.05, 0.1) is 18.3 Å². The van der Waals surface area contributed by atoms with Crippen LogP contribution in [0.4, 0.5) is 0 Å². The first-order valence-electron chi connectivity index (χ1n) is 4.74. The minimum atomic E-state index is 0.0312. The van der Waals surface area contributed by atoms with Crippen molar-refractivity contribution in [1.29, 1.82) is 0 Å². The summed E-state index contributed by atoms with van der Waals surface area (Å²) in [6, 6.07) is 0. The van der Waals surface area contributed by atoms with Gasteiger partial charge in [0.15, 0.2) is 0 Å². The van der Waals surface area contributed by atoms with Crippen LogP contribution in [0.5, 0.6) is 0 Å². The second-order valence-electron chi connectivity index (χ2n) is 3.65. The van der Waals surface area contributed by atoms with Crippen LogP contribution >= 0.6 is 0 Å². The van der Waals surface area contributed by atoms with Gasteiger partial charge in [-0.15, -0.1) is 0 Å². The van der Waals surface area contributed by atoms with Crippen molar-refractivity contribution in [1.82, 2.24) is 0 Å². The summed E-state index contributed by atoms with van der Waals surface area (Å²) >= 11 is 0. The van der Waals surface area contributed by atoms with Crippen LogP contribution in [0.2, 0.25) is 0 Å². The van der Waals surface area contributed by atoms with Gasteiger partial charge in [-0.2, -0.15) is 0 Å². The molecular weight excluding hydrogens is 152 g/mol. The molecule has 2 nitrogen and oxygen atoms in total. The maximum atomic E-state index is 5.85. The number of rotatable bonds is 0. The molecule has 0 aliphatic carbocycles. The Labute approximate surface area is 73.5 Å². The highest BCUT2D eigenvalue weighted by Crippen LogP contribution is 2.35. The van der Waals surface area contributed by atoms with Crippen LogP contribution in [0.15, 0.2) is 12.2 Å². The first-order chi connectivity index (χ1) is 5.83. The Balaban J connectivity index is 2.08. The Hall–Kier alpha value is -0.340. The number of hydrogen-bond acceptors (Lipinski definition) is 2. The summed E-state index contributed by atoms with van der Waals surface area (Å²) in [5.74, 6) is 0. The van der Waals surface area contributed by atoms with E-state index in [-0.39, 0.29) is 11.7 Å². The van der Waals surface area contributed by atoms with E-state index in [4.69, 9.17) is 9.47 Å². The predicted octanol–water partition coefficient (Wildman–Crippen LogP) is 1.90. The zero-order valence-electron chi connectivity index (χ0n) is 7.58.